The zero-order chi connectivity index (χ0) is 13.1. The Balaban J connectivity index is 2.21. The zero-order valence-corrected chi connectivity index (χ0v) is 11.5. The molecule has 2 aromatic rings. The van der Waals surface area contributed by atoms with Gasteiger partial charge in [-0.2, -0.15) is 4.98 Å². The van der Waals surface area contributed by atoms with Gasteiger partial charge in [-0.1, -0.05) is 37.6 Å². The lowest BCUT2D eigenvalue weighted by atomic mass is 10.0. The number of nitrogens with one attached hydrogen (secondary N) is 1. The minimum atomic E-state index is 0.0562. The minimum absolute atomic E-state index is 0.0562. The molecule has 0 aliphatic heterocycles. The van der Waals surface area contributed by atoms with Crippen LogP contribution in [0.2, 0.25) is 10.4 Å². The highest BCUT2D eigenvalue weighted by Gasteiger charge is 2.06. The van der Waals surface area contributed by atoms with Crippen LogP contribution in [0.1, 0.15) is 25.3 Å². The number of rotatable bonds is 3. The molecule has 6 heteroatoms. The molecular formula is C12H12Cl2N4. The molecule has 0 unspecified atom stereocenters. The predicted octanol–water partition coefficient (Wildman–Crippen LogP) is 4.05. The van der Waals surface area contributed by atoms with E-state index in [9.17, 15) is 0 Å². The molecule has 0 radical (unpaired) electrons. The molecule has 0 atom stereocenters. The fourth-order valence-corrected chi connectivity index (χ4v) is 1.71. The van der Waals surface area contributed by atoms with Gasteiger partial charge in [0.1, 0.15) is 0 Å². The lowest BCUT2D eigenvalue weighted by molar-refractivity contribution is 0.867. The Morgan fingerprint density at radius 2 is 1.72 bits per heavy atom. The second-order valence-corrected chi connectivity index (χ2v) is 4.82. The molecule has 2 rings (SSSR count). The third-order valence-electron chi connectivity index (χ3n) is 2.46. The molecule has 1 N–H and O–H groups in total. The quantitative estimate of drug-likeness (QED) is 0.923. The molecule has 0 saturated carbocycles. The molecule has 4 nitrogen and oxygen atoms in total. The van der Waals surface area contributed by atoms with E-state index >= 15 is 0 Å². The largest absolute Gasteiger partial charge is 0.338 e. The molecule has 1 heterocycles. The topological polar surface area (TPSA) is 50.7 Å². The molecule has 0 saturated heterocycles. The van der Waals surface area contributed by atoms with E-state index in [0.29, 0.717) is 11.7 Å². The van der Waals surface area contributed by atoms with Gasteiger partial charge in [-0.3, -0.25) is 0 Å². The number of nitrogens with zero attached hydrogens (tertiary/aromatic N) is 3. The van der Waals surface area contributed by atoms with Gasteiger partial charge in [0.2, 0.25) is 5.28 Å². The first-order valence-corrected chi connectivity index (χ1v) is 6.24. The second kappa shape index (κ2) is 5.50. The summed E-state index contributed by atoms with van der Waals surface area (Å²) in [6, 6.07) is 8.03. The van der Waals surface area contributed by atoms with Crippen molar-refractivity contribution < 1.29 is 0 Å². The fourth-order valence-electron chi connectivity index (χ4n) is 1.46. The van der Waals surface area contributed by atoms with E-state index in [0.717, 1.165) is 5.69 Å². The fraction of sp³-hybridized carbons (Fsp3) is 0.250. The minimum Gasteiger partial charge on any atom is -0.338 e. The zero-order valence-electron chi connectivity index (χ0n) is 9.98. The van der Waals surface area contributed by atoms with Gasteiger partial charge in [0.15, 0.2) is 11.0 Å². The van der Waals surface area contributed by atoms with Crippen molar-refractivity contribution in [1.29, 1.82) is 0 Å². The first-order valence-electron chi connectivity index (χ1n) is 5.49. The van der Waals surface area contributed by atoms with E-state index < -0.39 is 0 Å². The van der Waals surface area contributed by atoms with Gasteiger partial charge in [0.25, 0.3) is 0 Å². The maximum absolute atomic E-state index is 5.87. The van der Waals surface area contributed by atoms with Crippen LogP contribution < -0.4 is 5.32 Å². The smallest absolute Gasteiger partial charge is 0.245 e. The monoisotopic (exact) mass is 282 g/mol. The van der Waals surface area contributed by atoms with Crippen molar-refractivity contribution in [1.82, 2.24) is 15.2 Å². The molecule has 94 valence electrons. The summed E-state index contributed by atoms with van der Waals surface area (Å²) >= 11 is 11.5. The standard InChI is InChI=1S/C12H12Cl2N4/c1-7(2)8-3-5-9(6-4-8)15-11-10(13)17-18-12(14)16-11/h3-7H,1-2H3,(H,15,16,18). The summed E-state index contributed by atoms with van der Waals surface area (Å²) in [6.07, 6.45) is 0. The molecule has 0 aliphatic rings. The maximum atomic E-state index is 5.87. The average molecular weight is 283 g/mol. The van der Waals surface area contributed by atoms with E-state index in [2.05, 4.69) is 46.5 Å². The Morgan fingerprint density at radius 1 is 1.06 bits per heavy atom. The van der Waals surface area contributed by atoms with Crippen LogP contribution in [0.5, 0.6) is 0 Å². The highest BCUT2D eigenvalue weighted by molar-refractivity contribution is 6.32. The average Bonchev–Trinajstić information content (AvgIpc) is 2.34. The Bertz CT molecular complexity index is 540. The number of aromatic nitrogens is 3. The first kappa shape index (κ1) is 13.1. The molecule has 0 amide bonds. The Hall–Kier alpha value is -1.39. The summed E-state index contributed by atoms with van der Waals surface area (Å²) < 4.78 is 0. The van der Waals surface area contributed by atoms with Gasteiger partial charge >= 0.3 is 0 Å². The van der Waals surface area contributed by atoms with Crippen molar-refractivity contribution >= 4 is 34.7 Å². The Labute approximate surface area is 115 Å². The van der Waals surface area contributed by atoms with Gasteiger partial charge < -0.3 is 5.32 Å². The summed E-state index contributed by atoms with van der Waals surface area (Å²) in [7, 11) is 0. The van der Waals surface area contributed by atoms with Gasteiger partial charge in [-0.15, -0.1) is 10.2 Å². The highest BCUT2D eigenvalue weighted by Crippen LogP contribution is 2.23. The van der Waals surface area contributed by atoms with Crippen LogP contribution in [-0.2, 0) is 0 Å². The van der Waals surface area contributed by atoms with Crippen LogP contribution in [0, 0.1) is 0 Å². The number of anilines is 2. The number of benzene rings is 1. The Kier molecular flexibility index (Phi) is 3.99. The van der Waals surface area contributed by atoms with Crippen molar-refractivity contribution in [3.63, 3.8) is 0 Å². The first-order chi connectivity index (χ1) is 8.56. The lowest BCUT2D eigenvalue weighted by Gasteiger charge is -2.09. The third-order valence-corrected chi connectivity index (χ3v) is 2.87. The molecule has 0 bridgehead atoms. The normalized spacial score (nSPS) is 10.7. The molecule has 0 aliphatic carbocycles. The van der Waals surface area contributed by atoms with E-state index in [1.165, 1.54) is 5.56 Å². The highest BCUT2D eigenvalue weighted by atomic mass is 35.5. The van der Waals surface area contributed by atoms with Crippen LogP contribution in [-0.4, -0.2) is 15.2 Å². The van der Waals surface area contributed by atoms with Crippen molar-refractivity contribution in [2.75, 3.05) is 5.32 Å². The molecule has 0 fully saturated rings. The van der Waals surface area contributed by atoms with E-state index in [1.54, 1.807) is 0 Å². The summed E-state index contributed by atoms with van der Waals surface area (Å²) in [5.74, 6) is 0.895. The van der Waals surface area contributed by atoms with Gasteiger partial charge in [-0.25, -0.2) is 0 Å². The van der Waals surface area contributed by atoms with Crippen LogP contribution in [0.4, 0.5) is 11.5 Å². The Morgan fingerprint density at radius 3 is 2.33 bits per heavy atom. The van der Waals surface area contributed by atoms with Gasteiger partial charge in [-0.05, 0) is 35.2 Å². The van der Waals surface area contributed by atoms with E-state index in [-0.39, 0.29) is 10.4 Å². The van der Waals surface area contributed by atoms with Crippen molar-refractivity contribution in [2.24, 2.45) is 0 Å². The second-order valence-electron chi connectivity index (χ2n) is 4.12. The molecule has 18 heavy (non-hydrogen) atoms. The van der Waals surface area contributed by atoms with Crippen molar-refractivity contribution in [3.8, 4) is 0 Å². The van der Waals surface area contributed by atoms with Crippen LogP contribution in [0.25, 0.3) is 0 Å². The summed E-state index contributed by atoms with van der Waals surface area (Å²) in [5.41, 5.74) is 2.14. The molecule has 1 aromatic carbocycles. The SMILES string of the molecule is CC(C)c1ccc(Nc2nc(Cl)nnc2Cl)cc1. The number of hydrogen-bond acceptors (Lipinski definition) is 4. The van der Waals surface area contributed by atoms with Crippen LogP contribution in [0.15, 0.2) is 24.3 Å². The molecular weight excluding hydrogens is 271 g/mol. The molecule has 1 aromatic heterocycles. The van der Waals surface area contributed by atoms with Crippen molar-refractivity contribution in [3.05, 3.63) is 40.3 Å². The summed E-state index contributed by atoms with van der Waals surface area (Å²) in [6.45, 7) is 4.29. The predicted molar refractivity (Wildman–Crippen MR) is 73.7 cm³/mol. The maximum Gasteiger partial charge on any atom is 0.245 e. The van der Waals surface area contributed by atoms with E-state index in [1.807, 2.05) is 12.1 Å². The van der Waals surface area contributed by atoms with Crippen LogP contribution >= 0.6 is 23.2 Å². The summed E-state index contributed by atoms with van der Waals surface area (Å²) in [4.78, 5) is 3.97. The number of hydrogen-bond donors (Lipinski definition) is 1. The van der Waals surface area contributed by atoms with Gasteiger partial charge in [0.05, 0.1) is 0 Å². The van der Waals surface area contributed by atoms with E-state index in [4.69, 9.17) is 23.2 Å². The van der Waals surface area contributed by atoms with Gasteiger partial charge in [0, 0.05) is 5.69 Å². The number of halogens is 2. The summed E-state index contributed by atoms with van der Waals surface area (Å²) in [5, 5.41) is 10.5. The van der Waals surface area contributed by atoms with Crippen LogP contribution in [0.3, 0.4) is 0 Å². The third kappa shape index (κ3) is 3.09. The lowest BCUT2D eigenvalue weighted by Crippen LogP contribution is -1.99. The van der Waals surface area contributed by atoms with Crippen molar-refractivity contribution in [2.45, 2.75) is 19.8 Å². The molecule has 0 spiro atoms.